The highest BCUT2D eigenvalue weighted by atomic mass is 15.1. The predicted molar refractivity (Wildman–Crippen MR) is 96.4 cm³/mol. The first-order valence-electron chi connectivity index (χ1n) is 7.75. The maximum atomic E-state index is 4.15. The first kappa shape index (κ1) is 16.3. The molecule has 0 aliphatic heterocycles. The Balaban J connectivity index is 2.06. The third kappa shape index (κ3) is 3.99. The van der Waals surface area contributed by atoms with Crippen LogP contribution < -0.4 is 10.6 Å². The van der Waals surface area contributed by atoms with Crippen molar-refractivity contribution in [3.05, 3.63) is 65.7 Å². The van der Waals surface area contributed by atoms with E-state index in [0.29, 0.717) is 0 Å². The molecule has 3 N–H and O–H groups in total. The van der Waals surface area contributed by atoms with Gasteiger partial charge in [-0.2, -0.15) is 0 Å². The summed E-state index contributed by atoms with van der Waals surface area (Å²) in [5, 5.41) is 0. The molecular weight excluding hydrogens is 268 g/mol. The van der Waals surface area contributed by atoms with Crippen molar-refractivity contribution in [2.45, 2.75) is 25.7 Å². The number of hydrogen-bond acceptors (Lipinski definition) is 1. The molecule has 0 amide bonds. The van der Waals surface area contributed by atoms with Gasteiger partial charge in [-0.05, 0) is 35.6 Å². The van der Waals surface area contributed by atoms with Gasteiger partial charge in [0.05, 0.1) is 0 Å². The minimum Gasteiger partial charge on any atom is -0.378 e. The highest BCUT2D eigenvalue weighted by Gasteiger charge is 2.22. The maximum absolute atomic E-state index is 4.15. The molecule has 0 aliphatic carbocycles. The summed E-state index contributed by atoms with van der Waals surface area (Å²) >= 11 is 0. The van der Waals surface area contributed by atoms with Crippen molar-refractivity contribution in [3.63, 3.8) is 0 Å². The molecule has 2 aromatic rings. The van der Waals surface area contributed by atoms with Crippen molar-refractivity contribution >= 4 is 17.5 Å². The summed E-state index contributed by atoms with van der Waals surface area (Å²) in [6, 6.07) is 17.0. The Morgan fingerprint density at radius 3 is 2.23 bits per heavy atom. The van der Waals surface area contributed by atoms with Crippen molar-refractivity contribution in [2.75, 3.05) is 19.0 Å². The maximum Gasteiger partial charge on any atom is 0.131 e. The number of anilines is 1. The van der Waals surface area contributed by atoms with Crippen LogP contribution in [0.5, 0.6) is 0 Å². The summed E-state index contributed by atoms with van der Waals surface area (Å²) in [4.78, 5) is 2.11. The highest BCUT2D eigenvalue weighted by Crippen LogP contribution is 2.31. The van der Waals surface area contributed by atoms with Gasteiger partial charge in [0.25, 0.3) is 0 Å². The number of nitrogens with zero attached hydrogens (tertiary/aromatic N) is 1. The van der Waals surface area contributed by atoms with Gasteiger partial charge in [0.15, 0.2) is 0 Å². The van der Waals surface area contributed by atoms with Crippen molar-refractivity contribution in [2.24, 2.45) is 0 Å². The summed E-state index contributed by atoms with van der Waals surface area (Å²) in [6.45, 7) is 4.55. The zero-order valence-electron chi connectivity index (χ0n) is 14.1. The van der Waals surface area contributed by atoms with Gasteiger partial charge in [-0.1, -0.05) is 56.3 Å². The second-order valence-electron chi connectivity index (χ2n) is 6.63. The summed E-state index contributed by atoms with van der Waals surface area (Å²) in [7, 11) is 4.12. The van der Waals surface area contributed by atoms with E-state index < -0.39 is 0 Å². The number of rotatable bonds is 5. The van der Waals surface area contributed by atoms with Crippen molar-refractivity contribution in [1.82, 2.24) is 0 Å². The average molecular weight is 295 g/mol. The summed E-state index contributed by atoms with van der Waals surface area (Å²) in [6.07, 6.45) is 5.46. The lowest BCUT2D eigenvalue weighted by molar-refractivity contribution is -0.256. The Hall–Kier alpha value is -2.06. The normalized spacial score (nSPS) is 11.9. The fourth-order valence-corrected chi connectivity index (χ4v) is 2.66. The van der Waals surface area contributed by atoms with Gasteiger partial charge >= 0.3 is 0 Å². The predicted octanol–water partition coefficient (Wildman–Crippen LogP) is 4.01. The minimum absolute atomic E-state index is 0.0957. The van der Waals surface area contributed by atoms with Gasteiger partial charge in [0, 0.05) is 25.3 Å². The largest absolute Gasteiger partial charge is 0.378 e. The van der Waals surface area contributed by atoms with E-state index in [1.54, 1.807) is 0 Å². The van der Waals surface area contributed by atoms with Crippen molar-refractivity contribution in [1.29, 1.82) is 0 Å². The van der Waals surface area contributed by atoms with Gasteiger partial charge in [0.1, 0.15) is 5.69 Å². The SMILES string of the molecule is CN(C)c1ccc(/C=C/CC(C)(C)c2ccccc2[NH3+])cc1. The topological polar surface area (TPSA) is 30.9 Å². The van der Waals surface area contributed by atoms with E-state index in [2.05, 4.69) is 93.2 Å². The van der Waals surface area contributed by atoms with Gasteiger partial charge in [-0.25, -0.2) is 0 Å². The molecule has 2 heteroatoms. The molecule has 0 atom stereocenters. The van der Waals surface area contributed by atoms with Crippen LogP contribution in [-0.4, -0.2) is 14.1 Å². The second kappa shape index (κ2) is 6.80. The van der Waals surface area contributed by atoms with Crippen molar-refractivity contribution < 1.29 is 5.73 Å². The van der Waals surface area contributed by atoms with Crippen LogP contribution in [-0.2, 0) is 5.41 Å². The molecule has 2 nitrogen and oxygen atoms in total. The fraction of sp³-hybridized carbons (Fsp3) is 0.300. The summed E-state index contributed by atoms with van der Waals surface area (Å²) < 4.78 is 0. The molecule has 0 bridgehead atoms. The standard InChI is InChI=1S/C20H26N2/c1-20(2,18-9-5-6-10-19(18)21)15-7-8-16-11-13-17(14-12-16)22(3)4/h5-14H,15,21H2,1-4H3/p+1/b8-7+. The third-order valence-corrected chi connectivity index (χ3v) is 4.09. The monoisotopic (exact) mass is 295 g/mol. The minimum atomic E-state index is 0.0957. The fourth-order valence-electron chi connectivity index (χ4n) is 2.66. The first-order valence-corrected chi connectivity index (χ1v) is 7.75. The van der Waals surface area contributed by atoms with Crippen LogP contribution in [0.1, 0.15) is 31.4 Å². The Bertz CT molecular complexity index is 637. The first-order chi connectivity index (χ1) is 10.4. The summed E-state index contributed by atoms with van der Waals surface area (Å²) in [5.41, 5.74) is 9.16. The Morgan fingerprint density at radius 1 is 1.00 bits per heavy atom. The van der Waals surface area contributed by atoms with E-state index in [4.69, 9.17) is 0 Å². The summed E-state index contributed by atoms with van der Waals surface area (Å²) in [5.74, 6) is 0. The number of quaternary nitrogens is 1. The van der Waals surface area contributed by atoms with E-state index in [1.165, 1.54) is 16.8 Å². The van der Waals surface area contributed by atoms with Crippen LogP contribution in [0.3, 0.4) is 0 Å². The van der Waals surface area contributed by atoms with E-state index >= 15 is 0 Å². The van der Waals surface area contributed by atoms with E-state index in [-0.39, 0.29) is 5.41 Å². The number of allylic oxidation sites excluding steroid dienone is 1. The quantitative estimate of drug-likeness (QED) is 0.888. The molecule has 0 aliphatic rings. The van der Waals surface area contributed by atoms with Crippen LogP contribution in [0.25, 0.3) is 6.08 Å². The molecule has 0 aromatic heterocycles. The second-order valence-corrected chi connectivity index (χ2v) is 6.63. The highest BCUT2D eigenvalue weighted by molar-refractivity contribution is 5.55. The zero-order valence-corrected chi connectivity index (χ0v) is 14.1. The molecule has 0 saturated heterocycles. The molecule has 2 aromatic carbocycles. The lowest BCUT2D eigenvalue weighted by Gasteiger charge is -2.23. The van der Waals surface area contributed by atoms with E-state index in [9.17, 15) is 0 Å². The zero-order chi connectivity index (χ0) is 16.2. The number of benzene rings is 2. The van der Waals surface area contributed by atoms with Crippen LogP contribution in [0.4, 0.5) is 11.4 Å². The van der Waals surface area contributed by atoms with Gasteiger partial charge in [0.2, 0.25) is 0 Å². The van der Waals surface area contributed by atoms with Crippen LogP contribution in [0.15, 0.2) is 54.6 Å². The molecule has 22 heavy (non-hydrogen) atoms. The third-order valence-electron chi connectivity index (χ3n) is 4.09. The van der Waals surface area contributed by atoms with Gasteiger partial charge in [-0.3, -0.25) is 0 Å². The molecule has 0 heterocycles. The molecular formula is C20H27N2+. The average Bonchev–Trinajstić information content (AvgIpc) is 2.48. The number of hydrogen-bond donors (Lipinski definition) is 1. The van der Waals surface area contributed by atoms with Crippen LogP contribution >= 0.6 is 0 Å². The Kier molecular flexibility index (Phi) is 5.04. The van der Waals surface area contributed by atoms with Crippen LogP contribution in [0, 0.1) is 0 Å². The molecule has 0 radical (unpaired) electrons. The van der Waals surface area contributed by atoms with Crippen molar-refractivity contribution in [3.8, 4) is 0 Å². The lowest BCUT2D eigenvalue weighted by atomic mass is 9.80. The van der Waals surface area contributed by atoms with Gasteiger partial charge < -0.3 is 10.6 Å². The Morgan fingerprint density at radius 2 is 1.64 bits per heavy atom. The molecule has 0 fully saturated rings. The molecule has 116 valence electrons. The Labute approximate surface area is 134 Å². The smallest absolute Gasteiger partial charge is 0.131 e. The van der Waals surface area contributed by atoms with Gasteiger partial charge in [-0.15, -0.1) is 0 Å². The molecule has 0 spiro atoms. The molecule has 0 unspecified atom stereocenters. The lowest BCUT2D eigenvalue weighted by Crippen LogP contribution is -2.43. The van der Waals surface area contributed by atoms with E-state index in [1.807, 2.05) is 6.07 Å². The van der Waals surface area contributed by atoms with Crippen LogP contribution in [0.2, 0.25) is 0 Å². The molecule has 2 rings (SSSR count). The molecule has 0 saturated carbocycles. The van der Waals surface area contributed by atoms with E-state index in [0.717, 1.165) is 12.1 Å².